The van der Waals surface area contributed by atoms with E-state index in [0.717, 1.165) is 16.3 Å². The second-order valence-electron chi connectivity index (χ2n) is 6.43. The summed E-state index contributed by atoms with van der Waals surface area (Å²) in [7, 11) is 0. The fourth-order valence-electron chi connectivity index (χ4n) is 2.61. The van der Waals surface area contributed by atoms with E-state index in [2.05, 4.69) is 10.4 Å². The molecule has 0 aliphatic rings. The average molecular weight is 414 g/mol. The molecule has 1 amide bonds. The van der Waals surface area contributed by atoms with Crippen molar-refractivity contribution in [2.24, 2.45) is 0 Å². The predicted molar refractivity (Wildman–Crippen MR) is 102 cm³/mol. The molecular formula is C21H17F3N4O2. The number of carbonyl (C=O) groups excluding carboxylic acids is 1. The third-order valence-electron chi connectivity index (χ3n) is 4.19. The van der Waals surface area contributed by atoms with Crippen molar-refractivity contribution in [1.82, 2.24) is 15.1 Å². The normalized spacial score (nSPS) is 12.1. The van der Waals surface area contributed by atoms with Crippen LogP contribution in [0, 0.1) is 11.3 Å². The molecule has 0 fully saturated rings. The van der Waals surface area contributed by atoms with Crippen LogP contribution in [0.25, 0.3) is 5.69 Å². The Kier molecular flexibility index (Phi) is 6.06. The minimum atomic E-state index is -4.50. The lowest BCUT2D eigenvalue weighted by Gasteiger charge is -2.15. The van der Waals surface area contributed by atoms with Gasteiger partial charge < -0.3 is 10.1 Å². The van der Waals surface area contributed by atoms with Gasteiger partial charge in [0.2, 0.25) is 0 Å². The van der Waals surface area contributed by atoms with Gasteiger partial charge in [-0.05, 0) is 48.9 Å². The van der Waals surface area contributed by atoms with Crippen LogP contribution in [0.1, 0.15) is 23.7 Å². The number of nitrogens with zero attached hydrogens (tertiary/aromatic N) is 3. The van der Waals surface area contributed by atoms with E-state index in [-0.39, 0.29) is 12.5 Å². The first-order valence-corrected chi connectivity index (χ1v) is 8.93. The number of hydrogen-bond acceptors (Lipinski definition) is 4. The number of halogens is 3. The summed E-state index contributed by atoms with van der Waals surface area (Å²) in [5.74, 6) is 0.0711. The molecule has 0 aliphatic heterocycles. The lowest BCUT2D eigenvalue weighted by molar-refractivity contribution is -0.141. The highest BCUT2D eigenvalue weighted by molar-refractivity contribution is 5.80. The molecule has 3 aromatic rings. The molecule has 1 atom stereocenters. The molecule has 30 heavy (non-hydrogen) atoms. The van der Waals surface area contributed by atoms with E-state index < -0.39 is 18.0 Å². The molecule has 154 valence electrons. The van der Waals surface area contributed by atoms with E-state index >= 15 is 0 Å². The molecular weight excluding hydrogens is 397 g/mol. The predicted octanol–water partition coefficient (Wildman–Crippen LogP) is 3.85. The Labute approximate surface area is 170 Å². The van der Waals surface area contributed by atoms with Crippen molar-refractivity contribution in [3.63, 3.8) is 0 Å². The van der Waals surface area contributed by atoms with E-state index in [1.54, 1.807) is 55.5 Å². The molecule has 0 aliphatic carbocycles. The fraction of sp³-hybridized carbons (Fsp3) is 0.190. The second kappa shape index (κ2) is 8.69. The number of nitrogens with one attached hydrogen (secondary N) is 1. The minimum Gasteiger partial charge on any atom is -0.481 e. The van der Waals surface area contributed by atoms with Crippen molar-refractivity contribution >= 4 is 5.91 Å². The summed E-state index contributed by atoms with van der Waals surface area (Å²) in [6.45, 7) is 1.81. The maximum atomic E-state index is 12.7. The first-order chi connectivity index (χ1) is 14.3. The van der Waals surface area contributed by atoms with Gasteiger partial charge in [-0.1, -0.05) is 18.2 Å². The second-order valence-corrected chi connectivity index (χ2v) is 6.43. The van der Waals surface area contributed by atoms with Crippen LogP contribution in [0.15, 0.2) is 60.8 Å². The topological polar surface area (TPSA) is 79.9 Å². The third-order valence-corrected chi connectivity index (χ3v) is 4.19. The number of nitriles is 1. The van der Waals surface area contributed by atoms with Crippen molar-refractivity contribution in [1.29, 1.82) is 5.26 Å². The Balaban J connectivity index is 1.56. The maximum Gasteiger partial charge on any atom is 0.435 e. The summed E-state index contributed by atoms with van der Waals surface area (Å²) < 4.78 is 44.7. The Bertz CT molecular complexity index is 1070. The first kappa shape index (κ1) is 20.9. The summed E-state index contributed by atoms with van der Waals surface area (Å²) in [4.78, 5) is 12.2. The van der Waals surface area contributed by atoms with Gasteiger partial charge in [0.1, 0.15) is 5.75 Å². The molecule has 1 heterocycles. The van der Waals surface area contributed by atoms with Crippen LogP contribution in [0.4, 0.5) is 13.2 Å². The van der Waals surface area contributed by atoms with E-state index in [9.17, 15) is 18.0 Å². The first-order valence-electron chi connectivity index (χ1n) is 8.93. The van der Waals surface area contributed by atoms with E-state index in [1.807, 2.05) is 6.07 Å². The SMILES string of the molecule is CC(Oc1cccc(C#N)c1)C(=O)NCc1ccc(-n2ccc(C(F)(F)F)n2)cc1. The van der Waals surface area contributed by atoms with Crippen LogP contribution in [0.5, 0.6) is 5.75 Å². The Hall–Kier alpha value is -3.80. The van der Waals surface area contributed by atoms with Gasteiger partial charge in [0.05, 0.1) is 17.3 Å². The van der Waals surface area contributed by atoms with Gasteiger partial charge in [0.25, 0.3) is 5.91 Å². The van der Waals surface area contributed by atoms with Crippen LogP contribution in [0.2, 0.25) is 0 Å². The van der Waals surface area contributed by atoms with Gasteiger partial charge in [0.15, 0.2) is 11.8 Å². The number of rotatable bonds is 6. The highest BCUT2D eigenvalue weighted by Crippen LogP contribution is 2.27. The zero-order chi connectivity index (χ0) is 21.7. The summed E-state index contributed by atoms with van der Waals surface area (Å²) >= 11 is 0. The van der Waals surface area contributed by atoms with Crippen LogP contribution in [-0.2, 0) is 17.5 Å². The van der Waals surface area contributed by atoms with Crippen LogP contribution in [0.3, 0.4) is 0 Å². The molecule has 6 nitrogen and oxygen atoms in total. The fourth-order valence-corrected chi connectivity index (χ4v) is 2.61. The van der Waals surface area contributed by atoms with Crippen molar-refractivity contribution in [2.45, 2.75) is 25.7 Å². The minimum absolute atomic E-state index is 0.220. The number of carbonyl (C=O) groups is 1. The Morgan fingerprint density at radius 1 is 1.23 bits per heavy atom. The zero-order valence-corrected chi connectivity index (χ0v) is 15.8. The average Bonchev–Trinajstić information content (AvgIpc) is 3.23. The summed E-state index contributed by atoms with van der Waals surface area (Å²) in [5, 5.41) is 15.2. The van der Waals surface area contributed by atoms with Crippen LogP contribution in [-0.4, -0.2) is 21.8 Å². The quantitative estimate of drug-likeness (QED) is 0.665. The van der Waals surface area contributed by atoms with Crippen molar-refractivity contribution in [3.05, 3.63) is 77.6 Å². The Morgan fingerprint density at radius 3 is 2.60 bits per heavy atom. The molecule has 3 rings (SSSR count). The summed E-state index contributed by atoms with van der Waals surface area (Å²) in [6, 6.07) is 16.0. The van der Waals surface area contributed by atoms with Gasteiger partial charge in [-0.15, -0.1) is 0 Å². The van der Waals surface area contributed by atoms with Crippen molar-refractivity contribution in [3.8, 4) is 17.5 Å². The molecule has 2 aromatic carbocycles. The smallest absolute Gasteiger partial charge is 0.435 e. The van der Waals surface area contributed by atoms with Crippen molar-refractivity contribution < 1.29 is 22.7 Å². The van der Waals surface area contributed by atoms with Gasteiger partial charge in [-0.25, -0.2) is 4.68 Å². The molecule has 0 saturated carbocycles. The molecule has 0 radical (unpaired) electrons. The number of alkyl halides is 3. The van der Waals surface area contributed by atoms with Gasteiger partial charge >= 0.3 is 6.18 Å². The lowest BCUT2D eigenvalue weighted by atomic mass is 10.2. The zero-order valence-electron chi connectivity index (χ0n) is 15.8. The maximum absolute atomic E-state index is 12.7. The number of aromatic nitrogens is 2. The lowest BCUT2D eigenvalue weighted by Crippen LogP contribution is -2.35. The molecule has 1 unspecified atom stereocenters. The summed E-state index contributed by atoms with van der Waals surface area (Å²) in [6.07, 6.45) is -4.03. The van der Waals surface area contributed by atoms with Crippen LogP contribution >= 0.6 is 0 Å². The number of amides is 1. The number of ether oxygens (including phenoxy) is 1. The number of benzene rings is 2. The Morgan fingerprint density at radius 2 is 1.97 bits per heavy atom. The van der Waals surface area contributed by atoms with Crippen LogP contribution < -0.4 is 10.1 Å². The van der Waals surface area contributed by atoms with E-state index in [4.69, 9.17) is 10.00 Å². The van der Waals surface area contributed by atoms with Crippen molar-refractivity contribution in [2.75, 3.05) is 0 Å². The molecule has 0 saturated heterocycles. The summed E-state index contributed by atoms with van der Waals surface area (Å²) in [5.41, 5.74) is 0.691. The highest BCUT2D eigenvalue weighted by atomic mass is 19.4. The standard InChI is InChI=1S/C21H17F3N4O2/c1-14(30-18-4-2-3-16(11-18)12-25)20(29)26-13-15-5-7-17(8-6-15)28-10-9-19(27-28)21(22,23)24/h2-11,14H,13H2,1H3,(H,26,29). The largest absolute Gasteiger partial charge is 0.481 e. The van der Waals surface area contributed by atoms with Gasteiger partial charge in [-0.2, -0.15) is 23.5 Å². The van der Waals surface area contributed by atoms with Gasteiger partial charge in [-0.3, -0.25) is 4.79 Å². The van der Waals surface area contributed by atoms with Gasteiger partial charge in [0, 0.05) is 12.7 Å². The third kappa shape index (κ3) is 5.17. The molecule has 1 N–H and O–H groups in total. The molecule has 1 aromatic heterocycles. The molecule has 0 bridgehead atoms. The number of hydrogen-bond donors (Lipinski definition) is 1. The van der Waals surface area contributed by atoms with E-state index in [0.29, 0.717) is 17.0 Å². The molecule has 0 spiro atoms. The molecule has 9 heteroatoms. The highest BCUT2D eigenvalue weighted by Gasteiger charge is 2.33. The van der Waals surface area contributed by atoms with E-state index in [1.165, 1.54) is 6.20 Å². The monoisotopic (exact) mass is 414 g/mol.